The Morgan fingerprint density at radius 3 is 2.67 bits per heavy atom. The third-order valence-electron chi connectivity index (χ3n) is 4.81. The molecule has 2 unspecified atom stereocenters. The summed E-state index contributed by atoms with van der Waals surface area (Å²) < 4.78 is 29.5. The van der Waals surface area contributed by atoms with E-state index in [4.69, 9.17) is 0 Å². The molecule has 2 atom stereocenters. The van der Waals surface area contributed by atoms with Crippen LogP contribution in [0.15, 0.2) is 4.90 Å². The van der Waals surface area contributed by atoms with E-state index in [0.29, 0.717) is 29.6 Å². The molecule has 2 heterocycles. The smallest absolute Gasteiger partial charge is 0.247 e. The van der Waals surface area contributed by atoms with Gasteiger partial charge in [0.25, 0.3) is 0 Å². The molecule has 21 heavy (non-hydrogen) atoms. The molecule has 0 radical (unpaired) electrons. The molecule has 1 aromatic rings. The summed E-state index contributed by atoms with van der Waals surface area (Å²) in [5.74, 6) is 0.560. The fourth-order valence-electron chi connectivity index (χ4n) is 3.78. The Balaban J connectivity index is 1.94. The average Bonchev–Trinajstić information content (AvgIpc) is 3.11. The molecule has 1 aromatic heterocycles. The predicted octanol–water partition coefficient (Wildman–Crippen LogP) is 0.892. The van der Waals surface area contributed by atoms with Crippen LogP contribution in [-0.4, -0.2) is 48.7 Å². The van der Waals surface area contributed by atoms with Gasteiger partial charge in [0.2, 0.25) is 10.0 Å². The lowest BCUT2D eigenvalue weighted by Gasteiger charge is -2.26. The second-order valence-electron chi connectivity index (χ2n) is 6.23. The SMILES string of the molecule is CNCCn1nc(C)c(S(=O)(=O)N2CC3CCC2C3)c1C. The summed E-state index contributed by atoms with van der Waals surface area (Å²) >= 11 is 0. The van der Waals surface area contributed by atoms with Crippen LogP contribution in [0.5, 0.6) is 0 Å². The van der Waals surface area contributed by atoms with Crippen LogP contribution in [0.1, 0.15) is 30.7 Å². The van der Waals surface area contributed by atoms with E-state index in [1.54, 1.807) is 15.9 Å². The Kier molecular flexibility index (Phi) is 3.83. The Labute approximate surface area is 126 Å². The van der Waals surface area contributed by atoms with E-state index in [-0.39, 0.29) is 6.04 Å². The number of hydrogen-bond donors (Lipinski definition) is 1. The molecule has 6 nitrogen and oxygen atoms in total. The van der Waals surface area contributed by atoms with Crippen molar-refractivity contribution in [3.63, 3.8) is 0 Å². The van der Waals surface area contributed by atoms with E-state index in [1.165, 1.54) is 6.42 Å². The van der Waals surface area contributed by atoms with E-state index in [9.17, 15) is 8.42 Å². The molecule has 0 spiro atoms. The second kappa shape index (κ2) is 5.37. The molecule has 1 N–H and O–H groups in total. The van der Waals surface area contributed by atoms with Crippen LogP contribution < -0.4 is 5.32 Å². The highest BCUT2D eigenvalue weighted by Crippen LogP contribution is 2.41. The maximum Gasteiger partial charge on any atom is 0.247 e. The second-order valence-corrected chi connectivity index (χ2v) is 8.06. The van der Waals surface area contributed by atoms with Gasteiger partial charge in [-0.15, -0.1) is 0 Å². The van der Waals surface area contributed by atoms with Gasteiger partial charge in [-0.1, -0.05) is 0 Å². The summed E-state index contributed by atoms with van der Waals surface area (Å²) in [5.41, 5.74) is 1.37. The zero-order chi connectivity index (χ0) is 15.2. The fraction of sp³-hybridized carbons (Fsp3) is 0.786. The van der Waals surface area contributed by atoms with Crippen LogP contribution in [0.3, 0.4) is 0 Å². The molecule has 7 heteroatoms. The largest absolute Gasteiger partial charge is 0.318 e. The summed E-state index contributed by atoms with van der Waals surface area (Å²) in [6.45, 7) is 5.80. The molecule has 1 aliphatic heterocycles. The maximum atomic E-state index is 13.0. The first kappa shape index (κ1) is 15.0. The Morgan fingerprint density at radius 1 is 1.33 bits per heavy atom. The van der Waals surface area contributed by atoms with Gasteiger partial charge in [0.1, 0.15) is 4.90 Å². The molecule has 2 bridgehead atoms. The summed E-state index contributed by atoms with van der Waals surface area (Å²) in [6, 6.07) is 0.208. The lowest BCUT2D eigenvalue weighted by molar-refractivity contribution is 0.333. The number of hydrogen-bond acceptors (Lipinski definition) is 4. The van der Waals surface area contributed by atoms with Crippen molar-refractivity contribution in [1.82, 2.24) is 19.4 Å². The first-order chi connectivity index (χ1) is 9.95. The standard InChI is InChI=1S/C14H24N4O2S/c1-10-14(11(2)17(16-10)7-6-15-3)21(19,20)18-9-12-4-5-13(18)8-12/h12-13,15H,4-9H2,1-3H3. The predicted molar refractivity (Wildman–Crippen MR) is 80.6 cm³/mol. The Morgan fingerprint density at radius 2 is 2.10 bits per heavy atom. The monoisotopic (exact) mass is 312 g/mol. The zero-order valence-corrected chi connectivity index (χ0v) is 13.8. The molecule has 1 saturated heterocycles. The number of nitrogens with one attached hydrogen (secondary N) is 1. The van der Waals surface area contributed by atoms with Crippen LogP contribution in [0.25, 0.3) is 0 Å². The normalized spacial score (nSPS) is 25.9. The number of nitrogens with zero attached hydrogens (tertiary/aromatic N) is 3. The van der Waals surface area contributed by atoms with Gasteiger partial charge >= 0.3 is 0 Å². The highest BCUT2D eigenvalue weighted by Gasteiger charge is 2.45. The molecule has 0 aromatic carbocycles. The van der Waals surface area contributed by atoms with Crippen LogP contribution >= 0.6 is 0 Å². The molecule has 118 valence electrons. The lowest BCUT2D eigenvalue weighted by atomic mass is 10.1. The Hall–Kier alpha value is -0.920. The van der Waals surface area contributed by atoms with Crippen molar-refractivity contribution < 1.29 is 8.42 Å². The van der Waals surface area contributed by atoms with Crippen molar-refractivity contribution in [2.75, 3.05) is 20.1 Å². The third kappa shape index (κ3) is 2.41. The topological polar surface area (TPSA) is 67.2 Å². The van der Waals surface area contributed by atoms with Gasteiger partial charge in [0, 0.05) is 19.1 Å². The number of rotatable bonds is 5. The van der Waals surface area contributed by atoms with Gasteiger partial charge < -0.3 is 5.32 Å². The quantitative estimate of drug-likeness (QED) is 0.877. The van der Waals surface area contributed by atoms with Crippen molar-refractivity contribution in [2.24, 2.45) is 5.92 Å². The number of fused-ring (bicyclic) bond motifs is 2. The summed E-state index contributed by atoms with van der Waals surface area (Å²) in [7, 11) is -1.53. The minimum absolute atomic E-state index is 0.208. The summed E-state index contributed by atoms with van der Waals surface area (Å²) in [4.78, 5) is 0.422. The van der Waals surface area contributed by atoms with Gasteiger partial charge in [0.15, 0.2) is 0 Å². The fourth-order valence-corrected chi connectivity index (χ4v) is 5.90. The average molecular weight is 312 g/mol. The summed E-state index contributed by atoms with van der Waals surface area (Å²) in [6.07, 6.45) is 3.22. The Bertz CT molecular complexity index is 638. The van der Waals surface area contributed by atoms with Crippen LogP contribution in [0, 0.1) is 19.8 Å². The van der Waals surface area contributed by atoms with Gasteiger partial charge in [0.05, 0.1) is 17.9 Å². The highest BCUT2D eigenvalue weighted by atomic mass is 32.2. The first-order valence-corrected chi connectivity index (χ1v) is 9.09. The van der Waals surface area contributed by atoms with E-state index in [0.717, 1.165) is 25.1 Å². The van der Waals surface area contributed by atoms with Crippen molar-refractivity contribution in [3.05, 3.63) is 11.4 Å². The molecular formula is C14H24N4O2S. The number of piperidine rings is 1. The van der Waals surface area contributed by atoms with E-state index < -0.39 is 10.0 Å². The number of aryl methyl sites for hydroxylation is 1. The molecule has 1 saturated carbocycles. The van der Waals surface area contributed by atoms with Crippen molar-refractivity contribution >= 4 is 10.0 Å². The number of likely N-dealkylation sites (N-methyl/N-ethyl adjacent to an activating group) is 1. The molecule has 2 fully saturated rings. The van der Waals surface area contributed by atoms with E-state index in [2.05, 4.69) is 10.4 Å². The molecule has 3 rings (SSSR count). The molecular weight excluding hydrogens is 288 g/mol. The van der Waals surface area contributed by atoms with Crippen LogP contribution in [0.2, 0.25) is 0 Å². The van der Waals surface area contributed by atoms with Gasteiger partial charge in [-0.05, 0) is 46.1 Å². The van der Waals surface area contributed by atoms with Crippen LogP contribution in [-0.2, 0) is 16.6 Å². The number of aromatic nitrogens is 2. The van der Waals surface area contributed by atoms with Crippen molar-refractivity contribution in [2.45, 2.75) is 50.6 Å². The maximum absolute atomic E-state index is 13.0. The third-order valence-corrected chi connectivity index (χ3v) is 6.99. The summed E-state index contributed by atoms with van der Waals surface area (Å²) in [5, 5.41) is 7.49. The van der Waals surface area contributed by atoms with Crippen LogP contribution in [0.4, 0.5) is 0 Å². The van der Waals surface area contributed by atoms with Crippen molar-refractivity contribution in [3.8, 4) is 0 Å². The molecule has 1 aliphatic carbocycles. The number of sulfonamides is 1. The highest BCUT2D eigenvalue weighted by molar-refractivity contribution is 7.89. The lowest BCUT2D eigenvalue weighted by Crippen LogP contribution is -2.38. The first-order valence-electron chi connectivity index (χ1n) is 7.65. The van der Waals surface area contributed by atoms with E-state index in [1.807, 2.05) is 14.0 Å². The van der Waals surface area contributed by atoms with Gasteiger partial charge in [-0.25, -0.2) is 8.42 Å². The van der Waals surface area contributed by atoms with Gasteiger partial charge in [-0.3, -0.25) is 4.68 Å². The van der Waals surface area contributed by atoms with Crippen molar-refractivity contribution in [1.29, 1.82) is 0 Å². The minimum Gasteiger partial charge on any atom is -0.318 e. The zero-order valence-electron chi connectivity index (χ0n) is 13.0. The molecule has 2 aliphatic rings. The van der Waals surface area contributed by atoms with E-state index >= 15 is 0 Å². The molecule has 0 amide bonds. The van der Waals surface area contributed by atoms with Gasteiger partial charge in [-0.2, -0.15) is 9.40 Å². The minimum atomic E-state index is -3.41.